The third kappa shape index (κ3) is 4.16. The molecule has 5 atom stereocenters. The molecular formula is C23H29N3O5. The molecule has 0 unspecified atom stereocenters. The first-order valence-corrected chi connectivity index (χ1v) is 10.8. The summed E-state index contributed by atoms with van der Waals surface area (Å²) >= 11 is 0. The van der Waals surface area contributed by atoms with Gasteiger partial charge in [0, 0.05) is 19.0 Å². The van der Waals surface area contributed by atoms with Crippen molar-refractivity contribution in [3.63, 3.8) is 0 Å². The van der Waals surface area contributed by atoms with Gasteiger partial charge in [-0.05, 0) is 35.7 Å². The second kappa shape index (κ2) is 8.32. The highest BCUT2D eigenvalue weighted by molar-refractivity contribution is 5.89. The molecule has 8 nitrogen and oxygen atoms in total. The lowest BCUT2D eigenvalue weighted by Crippen LogP contribution is -2.52. The Bertz CT molecular complexity index is 871. The quantitative estimate of drug-likeness (QED) is 0.642. The van der Waals surface area contributed by atoms with E-state index in [1.807, 2.05) is 30.3 Å². The Morgan fingerprint density at radius 1 is 1.32 bits per heavy atom. The van der Waals surface area contributed by atoms with E-state index in [1.54, 1.807) is 0 Å². The Morgan fingerprint density at radius 3 is 2.71 bits per heavy atom. The zero-order valence-electron chi connectivity index (χ0n) is 17.9. The van der Waals surface area contributed by atoms with Gasteiger partial charge in [-0.1, -0.05) is 44.2 Å². The summed E-state index contributed by atoms with van der Waals surface area (Å²) in [5.74, 6) is -0.473. The number of rotatable bonds is 7. The van der Waals surface area contributed by atoms with Gasteiger partial charge in [-0.2, -0.15) is 0 Å². The molecule has 0 bridgehead atoms. The number of fused-ring (bicyclic) bond motifs is 1. The molecule has 2 saturated heterocycles. The molecule has 0 radical (unpaired) electrons. The second-order valence-corrected chi connectivity index (χ2v) is 9.35. The van der Waals surface area contributed by atoms with Crippen molar-refractivity contribution in [3.05, 3.63) is 35.9 Å². The first-order chi connectivity index (χ1) is 14.8. The SMILES string of the molecule is CC1(C)[C@@H]2[C@@H](C(=O)N[C@H](C=O)C[C@@H]3CCNC3=O)N(C(=O)OCc3ccccc3)C[C@@H]21. The summed E-state index contributed by atoms with van der Waals surface area (Å²) in [6.45, 7) is 5.37. The lowest BCUT2D eigenvalue weighted by molar-refractivity contribution is -0.129. The van der Waals surface area contributed by atoms with E-state index in [1.165, 1.54) is 4.90 Å². The molecule has 166 valence electrons. The number of nitrogens with zero attached hydrogens (tertiary/aromatic N) is 1. The van der Waals surface area contributed by atoms with E-state index in [4.69, 9.17) is 4.74 Å². The maximum Gasteiger partial charge on any atom is 0.410 e. The van der Waals surface area contributed by atoms with Crippen molar-refractivity contribution in [1.29, 1.82) is 0 Å². The Balaban J connectivity index is 1.41. The van der Waals surface area contributed by atoms with Crippen LogP contribution in [-0.4, -0.2) is 54.3 Å². The number of amides is 3. The van der Waals surface area contributed by atoms with Crippen LogP contribution < -0.4 is 10.6 Å². The maximum atomic E-state index is 13.2. The topological polar surface area (TPSA) is 105 Å². The average molecular weight is 428 g/mol. The molecule has 2 N–H and O–H groups in total. The summed E-state index contributed by atoms with van der Waals surface area (Å²) in [6, 6.07) is 7.94. The smallest absolute Gasteiger partial charge is 0.410 e. The maximum absolute atomic E-state index is 13.2. The van der Waals surface area contributed by atoms with E-state index >= 15 is 0 Å². The first kappa shape index (κ1) is 21.3. The van der Waals surface area contributed by atoms with Crippen molar-refractivity contribution in [2.75, 3.05) is 13.1 Å². The monoisotopic (exact) mass is 427 g/mol. The van der Waals surface area contributed by atoms with Gasteiger partial charge in [-0.25, -0.2) is 4.79 Å². The lowest BCUT2D eigenvalue weighted by Gasteiger charge is -2.30. The van der Waals surface area contributed by atoms with E-state index in [-0.39, 0.29) is 48.0 Å². The van der Waals surface area contributed by atoms with Gasteiger partial charge in [-0.15, -0.1) is 0 Å². The molecule has 31 heavy (non-hydrogen) atoms. The highest BCUT2D eigenvalue weighted by Crippen LogP contribution is 2.64. The summed E-state index contributed by atoms with van der Waals surface area (Å²) < 4.78 is 5.47. The Morgan fingerprint density at radius 2 is 2.06 bits per heavy atom. The van der Waals surface area contributed by atoms with Crippen molar-refractivity contribution in [2.45, 2.75) is 45.4 Å². The molecule has 2 aliphatic heterocycles. The van der Waals surface area contributed by atoms with E-state index in [0.717, 1.165) is 5.56 Å². The van der Waals surface area contributed by atoms with E-state index in [2.05, 4.69) is 24.5 Å². The minimum Gasteiger partial charge on any atom is -0.445 e. The number of hydrogen-bond acceptors (Lipinski definition) is 5. The number of benzene rings is 1. The van der Waals surface area contributed by atoms with Crippen LogP contribution in [0, 0.1) is 23.2 Å². The van der Waals surface area contributed by atoms with E-state index in [0.29, 0.717) is 25.8 Å². The zero-order valence-corrected chi connectivity index (χ0v) is 17.9. The van der Waals surface area contributed by atoms with Gasteiger partial charge in [0.1, 0.15) is 18.9 Å². The number of nitrogens with one attached hydrogen (secondary N) is 2. The van der Waals surface area contributed by atoms with Crippen molar-refractivity contribution >= 4 is 24.2 Å². The summed E-state index contributed by atoms with van der Waals surface area (Å²) in [4.78, 5) is 50.9. The van der Waals surface area contributed by atoms with E-state index in [9.17, 15) is 19.2 Å². The highest BCUT2D eigenvalue weighted by Gasteiger charge is 2.69. The van der Waals surface area contributed by atoms with Gasteiger partial charge in [0.25, 0.3) is 0 Å². The summed E-state index contributed by atoms with van der Waals surface area (Å²) in [5, 5.41) is 5.52. The van der Waals surface area contributed by atoms with Gasteiger partial charge >= 0.3 is 6.09 Å². The number of hydrogen-bond donors (Lipinski definition) is 2. The fraction of sp³-hybridized carbons (Fsp3) is 0.565. The molecule has 1 aliphatic carbocycles. The van der Waals surface area contributed by atoms with Crippen LogP contribution in [0.1, 0.15) is 32.3 Å². The molecule has 0 spiro atoms. The third-order valence-electron chi connectivity index (χ3n) is 7.11. The van der Waals surface area contributed by atoms with Crippen LogP contribution in [0.2, 0.25) is 0 Å². The fourth-order valence-corrected chi connectivity index (χ4v) is 5.17. The lowest BCUT2D eigenvalue weighted by atomic mass is 9.97. The Labute approximate surface area is 181 Å². The average Bonchev–Trinajstić information content (AvgIpc) is 3.13. The van der Waals surface area contributed by atoms with Crippen molar-refractivity contribution in [2.24, 2.45) is 23.2 Å². The molecule has 3 aliphatic rings. The number of ether oxygens (including phenoxy) is 1. The zero-order chi connectivity index (χ0) is 22.2. The van der Waals surface area contributed by atoms with Crippen LogP contribution in [0.15, 0.2) is 30.3 Å². The molecule has 1 aromatic carbocycles. The summed E-state index contributed by atoms with van der Waals surface area (Å²) in [5.41, 5.74) is 0.831. The molecule has 3 fully saturated rings. The molecule has 8 heteroatoms. The number of carbonyl (C=O) groups is 4. The van der Waals surface area contributed by atoms with Crippen LogP contribution in [0.3, 0.4) is 0 Å². The van der Waals surface area contributed by atoms with Gasteiger partial charge in [0.2, 0.25) is 11.8 Å². The Kier molecular flexibility index (Phi) is 5.73. The predicted octanol–water partition coefficient (Wildman–Crippen LogP) is 1.49. The normalized spacial score (nSPS) is 29.0. The predicted molar refractivity (Wildman–Crippen MR) is 112 cm³/mol. The second-order valence-electron chi connectivity index (χ2n) is 9.35. The molecule has 0 aromatic heterocycles. The van der Waals surface area contributed by atoms with Gasteiger partial charge in [-0.3, -0.25) is 14.5 Å². The van der Waals surface area contributed by atoms with E-state index < -0.39 is 18.2 Å². The molecule has 3 amide bonds. The Hall–Kier alpha value is -2.90. The van der Waals surface area contributed by atoms with Crippen LogP contribution in [0.4, 0.5) is 4.79 Å². The standard InChI is InChI=1S/C23H29N3O5/c1-23(2)17-11-26(22(30)31-13-14-6-4-3-5-7-14)19(18(17)23)21(29)25-16(12-27)10-15-8-9-24-20(15)28/h3-7,12,15-19H,8-11,13H2,1-2H3,(H,24,28)(H,25,29)/t15-,16-,17-,18-,19-/m0/s1. The fourth-order valence-electron chi connectivity index (χ4n) is 5.17. The van der Waals surface area contributed by atoms with Gasteiger partial charge in [0.05, 0.1) is 6.04 Å². The van der Waals surface area contributed by atoms with Crippen LogP contribution >= 0.6 is 0 Å². The largest absolute Gasteiger partial charge is 0.445 e. The minimum atomic E-state index is -0.760. The number of piperidine rings is 1. The molecule has 1 aromatic rings. The number of carbonyl (C=O) groups excluding carboxylic acids is 4. The van der Waals surface area contributed by atoms with Crippen molar-refractivity contribution < 1.29 is 23.9 Å². The third-order valence-corrected chi connectivity index (χ3v) is 7.11. The molecule has 4 rings (SSSR count). The minimum absolute atomic E-state index is 0.0267. The number of aldehydes is 1. The van der Waals surface area contributed by atoms with Crippen molar-refractivity contribution in [3.8, 4) is 0 Å². The molecule has 2 heterocycles. The van der Waals surface area contributed by atoms with Crippen molar-refractivity contribution in [1.82, 2.24) is 15.5 Å². The van der Waals surface area contributed by atoms with Crippen LogP contribution in [0.25, 0.3) is 0 Å². The van der Waals surface area contributed by atoms with Gasteiger partial charge < -0.3 is 20.2 Å². The summed E-state index contributed by atoms with van der Waals surface area (Å²) in [6.07, 6.45) is 1.07. The first-order valence-electron chi connectivity index (χ1n) is 10.8. The van der Waals surface area contributed by atoms with Gasteiger partial charge in [0.15, 0.2) is 0 Å². The summed E-state index contributed by atoms with van der Waals surface area (Å²) in [7, 11) is 0. The van der Waals surface area contributed by atoms with Crippen LogP contribution in [-0.2, 0) is 25.7 Å². The molecule has 1 saturated carbocycles. The highest BCUT2D eigenvalue weighted by atomic mass is 16.6. The van der Waals surface area contributed by atoms with Crippen LogP contribution in [0.5, 0.6) is 0 Å². The molecular weight excluding hydrogens is 398 g/mol. The number of likely N-dealkylation sites (tertiary alicyclic amines) is 1.